The molecule has 0 aliphatic carbocycles. The van der Waals surface area contributed by atoms with Gasteiger partial charge in [-0.25, -0.2) is 0 Å². The average molecular weight is 464 g/mol. The second-order valence-corrected chi connectivity index (χ2v) is 6.79. The van der Waals surface area contributed by atoms with E-state index in [2.05, 4.69) is 29.7 Å². The third-order valence-electron chi connectivity index (χ3n) is 4.58. The Balaban J connectivity index is 0.00000208. The Labute approximate surface area is 166 Å². The lowest BCUT2D eigenvalue weighted by Crippen LogP contribution is -2.47. The summed E-state index contributed by atoms with van der Waals surface area (Å²) in [5.74, 6) is 0.921. The summed E-state index contributed by atoms with van der Waals surface area (Å²) in [7, 11) is 0. The zero-order valence-electron chi connectivity index (χ0n) is 14.1. The van der Waals surface area contributed by atoms with Crippen molar-refractivity contribution in [2.24, 2.45) is 4.99 Å². The second kappa shape index (κ2) is 9.82. The Morgan fingerprint density at radius 2 is 2.08 bits per heavy atom. The molecular weight excluding hydrogens is 437 g/mol. The van der Waals surface area contributed by atoms with Crippen molar-refractivity contribution in [1.82, 2.24) is 10.6 Å². The van der Waals surface area contributed by atoms with Crippen LogP contribution in [0.4, 0.5) is 0 Å². The monoisotopic (exact) mass is 463 g/mol. The summed E-state index contributed by atoms with van der Waals surface area (Å²) in [4.78, 5) is 4.71. The standard InChI is InChI=1S/C18H26ClN3O.HI/c1-2-20-18(22-16-12-15-9-10-17(16)23-15)21-11-3-4-13-5-7-14(19)8-6-13;/h5-8,15-17H,2-4,9-12H2,1H3,(H2,20,21,22);1H. The summed E-state index contributed by atoms with van der Waals surface area (Å²) >= 11 is 5.91. The average Bonchev–Trinajstić information content (AvgIpc) is 3.16. The van der Waals surface area contributed by atoms with E-state index in [9.17, 15) is 0 Å². The first kappa shape index (κ1) is 19.8. The minimum Gasteiger partial charge on any atom is -0.373 e. The van der Waals surface area contributed by atoms with Gasteiger partial charge in [-0.15, -0.1) is 24.0 Å². The number of aryl methyl sites for hydroxylation is 1. The lowest BCUT2D eigenvalue weighted by atomic mass is 9.96. The van der Waals surface area contributed by atoms with Crippen molar-refractivity contribution in [3.63, 3.8) is 0 Å². The molecule has 1 aromatic carbocycles. The number of fused-ring (bicyclic) bond motifs is 2. The molecule has 2 aliphatic rings. The van der Waals surface area contributed by atoms with Crippen LogP contribution in [0.2, 0.25) is 5.02 Å². The number of benzene rings is 1. The Bertz CT molecular complexity index is 538. The van der Waals surface area contributed by atoms with Gasteiger partial charge in [-0.1, -0.05) is 23.7 Å². The van der Waals surface area contributed by atoms with E-state index in [1.807, 2.05) is 12.1 Å². The van der Waals surface area contributed by atoms with E-state index in [4.69, 9.17) is 21.3 Å². The van der Waals surface area contributed by atoms with Crippen LogP contribution < -0.4 is 10.6 Å². The van der Waals surface area contributed by atoms with Crippen molar-refractivity contribution in [3.05, 3.63) is 34.9 Å². The van der Waals surface area contributed by atoms with Crippen LogP contribution in [0.25, 0.3) is 0 Å². The van der Waals surface area contributed by atoms with Gasteiger partial charge in [0.1, 0.15) is 0 Å². The molecule has 1 aromatic rings. The molecule has 24 heavy (non-hydrogen) atoms. The molecule has 0 radical (unpaired) electrons. The number of rotatable bonds is 6. The molecule has 4 nitrogen and oxygen atoms in total. The van der Waals surface area contributed by atoms with Crippen molar-refractivity contribution in [3.8, 4) is 0 Å². The molecule has 134 valence electrons. The molecule has 2 N–H and O–H groups in total. The third kappa shape index (κ3) is 5.49. The summed E-state index contributed by atoms with van der Waals surface area (Å²) in [6.07, 6.45) is 6.40. The second-order valence-electron chi connectivity index (χ2n) is 6.35. The van der Waals surface area contributed by atoms with Crippen LogP contribution in [0, 0.1) is 0 Å². The molecule has 0 aromatic heterocycles. The maximum absolute atomic E-state index is 5.91. The van der Waals surface area contributed by atoms with Gasteiger partial charge in [0.25, 0.3) is 0 Å². The molecule has 3 atom stereocenters. The Kier molecular flexibility index (Phi) is 8.10. The molecule has 0 saturated carbocycles. The smallest absolute Gasteiger partial charge is 0.191 e. The predicted molar refractivity (Wildman–Crippen MR) is 111 cm³/mol. The maximum Gasteiger partial charge on any atom is 0.191 e. The molecule has 3 rings (SSSR count). The highest BCUT2D eigenvalue weighted by Crippen LogP contribution is 2.34. The van der Waals surface area contributed by atoms with Crippen molar-refractivity contribution < 1.29 is 4.74 Å². The topological polar surface area (TPSA) is 45.7 Å². The van der Waals surface area contributed by atoms with Gasteiger partial charge in [0.15, 0.2) is 5.96 Å². The fourth-order valence-electron chi connectivity index (χ4n) is 3.41. The highest BCUT2D eigenvalue weighted by atomic mass is 127. The number of nitrogens with one attached hydrogen (secondary N) is 2. The van der Waals surface area contributed by atoms with E-state index in [0.29, 0.717) is 18.2 Å². The first-order chi connectivity index (χ1) is 11.2. The first-order valence-corrected chi connectivity index (χ1v) is 9.07. The number of halogens is 2. The Hall–Kier alpha value is -0.530. The largest absolute Gasteiger partial charge is 0.373 e. The minimum atomic E-state index is 0. The van der Waals surface area contributed by atoms with Crippen molar-refractivity contribution in [1.29, 1.82) is 0 Å². The van der Waals surface area contributed by atoms with Crippen molar-refractivity contribution >= 4 is 41.5 Å². The van der Waals surface area contributed by atoms with Gasteiger partial charge in [0.05, 0.1) is 18.2 Å². The summed E-state index contributed by atoms with van der Waals surface area (Å²) in [6.45, 7) is 3.80. The fourth-order valence-corrected chi connectivity index (χ4v) is 3.54. The third-order valence-corrected chi connectivity index (χ3v) is 4.83. The van der Waals surface area contributed by atoms with Gasteiger partial charge in [-0.2, -0.15) is 0 Å². The fraction of sp³-hybridized carbons (Fsp3) is 0.611. The van der Waals surface area contributed by atoms with Gasteiger partial charge in [0, 0.05) is 18.1 Å². The van der Waals surface area contributed by atoms with E-state index in [1.54, 1.807) is 0 Å². The number of hydrogen-bond acceptors (Lipinski definition) is 2. The number of hydrogen-bond donors (Lipinski definition) is 2. The van der Waals surface area contributed by atoms with Gasteiger partial charge < -0.3 is 15.4 Å². The van der Waals surface area contributed by atoms with Crippen molar-refractivity contribution in [2.75, 3.05) is 13.1 Å². The summed E-state index contributed by atoms with van der Waals surface area (Å²) < 4.78 is 5.90. The summed E-state index contributed by atoms with van der Waals surface area (Å²) in [5.41, 5.74) is 1.31. The Morgan fingerprint density at radius 1 is 1.29 bits per heavy atom. The summed E-state index contributed by atoms with van der Waals surface area (Å²) in [5, 5.41) is 7.68. The van der Waals surface area contributed by atoms with Gasteiger partial charge in [0.2, 0.25) is 0 Å². The number of nitrogens with zero attached hydrogens (tertiary/aromatic N) is 1. The SMILES string of the molecule is CCNC(=NCCCc1ccc(Cl)cc1)NC1CC2CCC1O2.I. The number of ether oxygens (including phenoxy) is 1. The number of aliphatic imine (C=N–C) groups is 1. The molecule has 6 heteroatoms. The molecule has 0 spiro atoms. The van der Waals surface area contributed by atoms with E-state index >= 15 is 0 Å². The van der Waals surface area contributed by atoms with Crippen LogP contribution in [-0.2, 0) is 11.2 Å². The molecule has 2 fully saturated rings. The lowest BCUT2D eigenvalue weighted by Gasteiger charge is -2.22. The van der Waals surface area contributed by atoms with Gasteiger partial charge in [-0.05, 0) is 56.7 Å². The highest BCUT2D eigenvalue weighted by Gasteiger charge is 2.41. The van der Waals surface area contributed by atoms with E-state index in [0.717, 1.165) is 43.3 Å². The molecule has 0 amide bonds. The quantitative estimate of drug-likeness (QED) is 0.292. The zero-order valence-corrected chi connectivity index (χ0v) is 17.2. The van der Waals surface area contributed by atoms with Crippen molar-refractivity contribution in [2.45, 2.75) is 57.3 Å². The van der Waals surface area contributed by atoms with E-state index < -0.39 is 0 Å². The molecular formula is C18H27ClIN3O. The van der Waals surface area contributed by atoms with Crippen LogP contribution >= 0.6 is 35.6 Å². The first-order valence-electron chi connectivity index (χ1n) is 8.69. The molecule has 2 heterocycles. The highest BCUT2D eigenvalue weighted by molar-refractivity contribution is 14.0. The molecule has 3 unspecified atom stereocenters. The maximum atomic E-state index is 5.91. The Morgan fingerprint density at radius 3 is 2.71 bits per heavy atom. The van der Waals surface area contributed by atoms with Crippen LogP contribution in [0.3, 0.4) is 0 Å². The van der Waals surface area contributed by atoms with Crippen LogP contribution in [0.15, 0.2) is 29.3 Å². The molecule has 2 bridgehead atoms. The van der Waals surface area contributed by atoms with E-state index in [1.165, 1.54) is 18.4 Å². The van der Waals surface area contributed by atoms with E-state index in [-0.39, 0.29) is 24.0 Å². The van der Waals surface area contributed by atoms with Crippen LogP contribution in [0.1, 0.15) is 38.2 Å². The van der Waals surface area contributed by atoms with Crippen LogP contribution in [-0.4, -0.2) is 37.3 Å². The summed E-state index contributed by atoms with van der Waals surface area (Å²) in [6, 6.07) is 8.48. The minimum absolute atomic E-state index is 0. The number of guanidine groups is 1. The molecule has 2 saturated heterocycles. The lowest BCUT2D eigenvalue weighted by molar-refractivity contribution is 0.0992. The van der Waals surface area contributed by atoms with Crippen LogP contribution in [0.5, 0.6) is 0 Å². The molecule has 2 aliphatic heterocycles. The zero-order chi connectivity index (χ0) is 16.1. The normalized spacial score (nSPS) is 25.4. The predicted octanol–water partition coefficient (Wildman–Crippen LogP) is 3.77. The van der Waals surface area contributed by atoms with Gasteiger partial charge in [-0.3, -0.25) is 4.99 Å². The van der Waals surface area contributed by atoms with Gasteiger partial charge >= 0.3 is 0 Å².